The fourth-order valence-corrected chi connectivity index (χ4v) is 3.36. The van der Waals surface area contributed by atoms with E-state index in [0.29, 0.717) is 0 Å². The molecular formula is C17H19NO4S. The predicted molar refractivity (Wildman–Crippen MR) is 92.0 cm³/mol. The first kappa shape index (κ1) is 17.3. The number of ether oxygens (including phenoxy) is 2. The molecule has 2 atom stereocenters. The minimum Gasteiger partial charge on any atom is -0.497 e. The maximum absolute atomic E-state index is 11.5. The van der Waals surface area contributed by atoms with Crippen LogP contribution in [-0.2, 0) is 9.53 Å². The van der Waals surface area contributed by atoms with Crippen LogP contribution in [0.5, 0.6) is 5.75 Å². The van der Waals surface area contributed by atoms with E-state index in [4.69, 9.17) is 9.47 Å². The van der Waals surface area contributed by atoms with E-state index in [1.54, 1.807) is 14.0 Å². The number of esters is 1. The molecule has 0 aliphatic rings. The van der Waals surface area contributed by atoms with Gasteiger partial charge in [0.2, 0.25) is 0 Å². The molecule has 122 valence electrons. The van der Waals surface area contributed by atoms with E-state index in [1.165, 1.54) is 18.9 Å². The zero-order valence-electron chi connectivity index (χ0n) is 13.3. The van der Waals surface area contributed by atoms with Crippen molar-refractivity contribution in [1.82, 2.24) is 0 Å². The van der Waals surface area contributed by atoms with Gasteiger partial charge in [0.15, 0.2) is 0 Å². The van der Waals surface area contributed by atoms with Crippen molar-refractivity contribution >= 4 is 28.5 Å². The van der Waals surface area contributed by atoms with Crippen LogP contribution in [0.4, 0.5) is 0 Å². The maximum atomic E-state index is 11.5. The summed E-state index contributed by atoms with van der Waals surface area (Å²) in [6.07, 6.45) is 0.148. The molecule has 0 aliphatic carbocycles. The van der Waals surface area contributed by atoms with Gasteiger partial charge in [-0.25, -0.2) is 0 Å². The number of hydrogen-bond donors (Lipinski definition) is 0. The third-order valence-electron chi connectivity index (χ3n) is 3.61. The molecule has 2 unspecified atom stereocenters. The van der Waals surface area contributed by atoms with Crippen LogP contribution < -0.4 is 4.74 Å². The number of rotatable bonds is 7. The molecule has 0 spiro atoms. The van der Waals surface area contributed by atoms with Crippen molar-refractivity contribution < 1.29 is 14.3 Å². The van der Waals surface area contributed by atoms with Gasteiger partial charge >= 0.3 is 5.97 Å². The van der Waals surface area contributed by atoms with E-state index in [9.17, 15) is 9.70 Å². The summed E-state index contributed by atoms with van der Waals surface area (Å²) in [5.74, 6) is 0.462. The minimum atomic E-state index is -0.481. The van der Waals surface area contributed by atoms with Gasteiger partial charge in [-0.1, -0.05) is 17.3 Å². The lowest BCUT2D eigenvalue weighted by atomic mass is 10.1. The molecule has 0 aromatic heterocycles. The third kappa shape index (κ3) is 4.45. The van der Waals surface area contributed by atoms with E-state index in [2.05, 4.69) is 5.18 Å². The van der Waals surface area contributed by atoms with Crippen LogP contribution in [0.3, 0.4) is 0 Å². The summed E-state index contributed by atoms with van der Waals surface area (Å²) in [4.78, 5) is 23.4. The molecule has 2 aromatic carbocycles. The summed E-state index contributed by atoms with van der Waals surface area (Å²) in [5, 5.41) is 4.95. The number of methoxy groups -OCH3 is 2. The Morgan fingerprint density at radius 3 is 2.52 bits per heavy atom. The molecule has 0 amide bonds. The van der Waals surface area contributed by atoms with Crippen molar-refractivity contribution in [2.24, 2.45) is 5.18 Å². The molecule has 23 heavy (non-hydrogen) atoms. The number of nitrogens with zero attached hydrogens (tertiary/aromatic N) is 1. The summed E-state index contributed by atoms with van der Waals surface area (Å²) < 4.78 is 9.91. The first-order valence-corrected chi connectivity index (χ1v) is 8.09. The molecule has 0 radical (unpaired) electrons. The Labute approximate surface area is 139 Å². The number of hydrogen-bond acceptors (Lipinski definition) is 6. The lowest BCUT2D eigenvalue weighted by molar-refractivity contribution is -0.140. The van der Waals surface area contributed by atoms with Crippen LogP contribution in [0.15, 0.2) is 46.5 Å². The van der Waals surface area contributed by atoms with Gasteiger partial charge in [0, 0.05) is 10.1 Å². The molecule has 2 rings (SSSR count). The molecule has 0 bridgehead atoms. The molecular weight excluding hydrogens is 314 g/mol. The quantitative estimate of drug-likeness (QED) is 0.435. The number of carbonyl (C=O) groups is 1. The molecule has 0 saturated carbocycles. The second-order valence-corrected chi connectivity index (χ2v) is 6.47. The van der Waals surface area contributed by atoms with Gasteiger partial charge < -0.3 is 9.47 Å². The Bertz CT molecular complexity index is 704. The highest BCUT2D eigenvalue weighted by molar-refractivity contribution is 8.00. The van der Waals surface area contributed by atoms with Crippen LogP contribution in [0.25, 0.3) is 10.8 Å². The fourth-order valence-electron chi connectivity index (χ4n) is 2.20. The predicted octanol–water partition coefficient (Wildman–Crippen LogP) is 4.03. The van der Waals surface area contributed by atoms with Crippen LogP contribution in [-0.4, -0.2) is 31.5 Å². The van der Waals surface area contributed by atoms with Gasteiger partial charge in [0.05, 0.1) is 20.6 Å². The summed E-state index contributed by atoms with van der Waals surface area (Å²) in [5.41, 5.74) is 0. The van der Waals surface area contributed by atoms with Crippen LogP contribution in [0.2, 0.25) is 0 Å². The highest BCUT2D eigenvalue weighted by Crippen LogP contribution is 2.32. The number of nitroso groups, excluding NO2 is 1. The molecule has 0 saturated heterocycles. The van der Waals surface area contributed by atoms with Gasteiger partial charge in [0.1, 0.15) is 11.8 Å². The summed E-state index contributed by atoms with van der Waals surface area (Å²) in [7, 11) is 2.98. The van der Waals surface area contributed by atoms with Crippen molar-refractivity contribution in [3.05, 3.63) is 41.3 Å². The first-order chi connectivity index (χ1) is 11.1. The van der Waals surface area contributed by atoms with Gasteiger partial charge in [0.25, 0.3) is 0 Å². The van der Waals surface area contributed by atoms with E-state index < -0.39 is 6.04 Å². The van der Waals surface area contributed by atoms with Crippen molar-refractivity contribution in [2.45, 2.75) is 29.5 Å². The Kier molecular flexibility index (Phi) is 5.98. The number of carbonyl (C=O) groups excluding carboxylic acids is 1. The molecule has 0 heterocycles. The molecule has 0 fully saturated rings. The molecule has 0 N–H and O–H groups in total. The Balaban J connectivity index is 2.23. The first-order valence-electron chi connectivity index (χ1n) is 7.21. The Morgan fingerprint density at radius 2 is 1.87 bits per heavy atom. The highest BCUT2D eigenvalue weighted by atomic mass is 32.2. The van der Waals surface area contributed by atoms with Crippen LogP contribution in [0, 0.1) is 4.91 Å². The third-order valence-corrected chi connectivity index (χ3v) is 5.00. The highest BCUT2D eigenvalue weighted by Gasteiger charge is 2.23. The van der Waals surface area contributed by atoms with E-state index in [0.717, 1.165) is 21.4 Å². The zero-order valence-corrected chi connectivity index (χ0v) is 14.1. The van der Waals surface area contributed by atoms with E-state index in [1.807, 2.05) is 36.4 Å². The largest absolute Gasteiger partial charge is 0.497 e. The smallest absolute Gasteiger partial charge is 0.306 e. The summed E-state index contributed by atoms with van der Waals surface area (Å²) >= 11 is 1.46. The standard InChI is InChI=1S/C17H19NO4S/c1-11(18-20)16(10-17(19)22-3)23-15-7-5-12-8-14(21-2)6-4-13(12)9-15/h4-9,11,16H,10H2,1-3H3. The maximum Gasteiger partial charge on any atom is 0.306 e. The van der Waals surface area contributed by atoms with Crippen LogP contribution >= 0.6 is 11.8 Å². The second kappa shape index (κ2) is 7.97. The lowest BCUT2D eigenvalue weighted by Gasteiger charge is -2.17. The van der Waals surface area contributed by atoms with Crippen molar-refractivity contribution in [2.75, 3.05) is 14.2 Å². The van der Waals surface area contributed by atoms with Crippen molar-refractivity contribution in [3.63, 3.8) is 0 Å². The molecule has 6 heteroatoms. The SMILES string of the molecule is COC(=O)CC(Sc1ccc2cc(OC)ccc2c1)C(C)N=O. The van der Waals surface area contributed by atoms with Gasteiger partial charge in [-0.15, -0.1) is 11.8 Å². The van der Waals surface area contributed by atoms with Crippen molar-refractivity contribution in [1.29, 1.82) is 0 Å². The average molecular weight is 333 g/mol. The normalized spacial score (nSPS) is 13.3. The van der Waals surface area contributed by atoms with E-state index >= 15 is 0 Å². The minimum absolute atomic E-state index is 0.148. The topological polar surface area (TPSA) is 65.0 Å². The lowest BCUT2D eigenvalue weighted by Crippen LogP contribution is -2.22. The number of benzene rings is 2. The van der Waals surface area contributed by atoms with Crippen LogP contribution in [0.1, 0.15) is 13.3 Å². The van der Waals surface area contributed by atoms with Gasteiger partial charge in [-0.2, -0.15) is 4.91 Å². The fraction of sp³-hybridized carbons (Fsp3) is 0.353. The van der Waals surface area contributed by atoms with Gasteiger partial charge in [-0.05, 0) is 42.0 Å². The number of thioether (sulfide) groups is 1. The second-order valence-electron chi connectivity index (χ2n) is 5.16. The summed E-state index contributed by atoms with van der Waals surface area (Å²) in [6.45, 7) is 1.71. The van der Waals surface area contributed by atoms with Crippen molar-refractivity contribution in [3.8, 4) is 5.75 Å². The van der Waals surface area contributed by atoms with E-state index in [-0.39, 0.29) is 17.6 Å². The average Bonchev–Trinajstić information content (AvgIpc) is 2.59. The summed E-state index contributed by atoms with van der Waals surface area (Å²) in [6, 6.07) is 11.4. The Hall–Kier alpha value is -2.08. The molecule has 5 nitrogen and oxygen atoms in total. The number of fused-ring (bicyclic) bond motifs is 1. The van der Waals surface area contributed by atoms with Gasteiger partial charge in [-0.3, -0.25) is 4.79 Å². The zero-order chi connectivity index (χ0) is 16.8. The monoisotopic (exact) mass is 333 g/mol. The molecule has 2 aromatic rings. The molecule has 0 aliphatic heterocycles. The Morgan fingerprint density at radius 1 is 1.17 bits per heavy atom.